The molecular weight excluding hydrogens is 492 g/mol. The van der Waals surface area contributed by atoms with Crippen LogP contribution in [-0.4, -0.2) is 60.8 Å². The second-order valence-corrected chi connectivity index (χ2v) is 10.6. The van der Waals surface area contributed by atoms with Crippen LogP contribution in [0.4, 0.5) is 15.3 Å². The number of methoxy groups -OCH3 is 1. The molecule has 2 atom stereocenters. The predicted octanol–water partition coefficient (Wildman–Crippen LogP) is 5.85. The summed E-state index contributed by atoms with van der Waals surface area (Å²) < 4.78 is 10.8. The number of nitrogens with zero attached hydrogens (tertiary/aromatic N) is 2. The van der Waals surface area contributed by atoms with Crippen molar-refractivity contribution in [2.24, 2.45) is 0 Å². The molecule has 0 aliphatic carbocycles. The Morgan fingerprint density at radius 2 is 1.36 bits per heavy atom. The van der Waals surface area contributed by atoms with Gasteiger partial charge in [0.15, 0.2) is 0 Å². The second-order valence-electron chi connectivity index (χ2n) is 10.6. The summed E-state index contributed by atoms with van der Waals surface area (Å²) in [5, 5.41) is 6.20. The quantitative estimate of drug-likeness (QED) is 0.400. The topological polar surface area (TPSA) is 83.1 Å². The van der Waals surface area contributed by atoms with E-state index in [4.69, 9.17) is 9.47 Å². The normalized spacial score (nSPS) is 15.6. The first-order chi connectivity index (χ1) is 18.7. The highest BCUT2D eigenvalue weighted by atomic mass is 16.6. The highest BCUT2D eigenvalue weighted by Crippen LogP contribution is 2.35. The van der Waals surface area contributed by atoms with Crippen molar-refractivity contribution < 1.29 is 19.1 Å². The fourth-order valence-electron chi connectivity index (χ4n) is 4.76. The third kappa shape index (κ3) is 7.74. The molecule has 2 unspecified atom stereocenters. The molecule has 1 saturated heterocycles. The van der Waals surface area contributed by atoms with Gasteiger partial charge in [-0.3, -0.25) is 4.90 Å². The van der Waals surface area contributed by atoms with E-state index in [2.05, 4.69) is 27.7 Å². The summed E-state index contributed by atoms with van der Waals surface area (Å²) in [6, 6.07) is 26.6. The average Bonchev–Trinajstić information content (AvgIpc) is 2.93. The van der Waals surface area contributed by atoms with E-state index in [0.29, 0.717) is 31.9 Å². The molecular formula is C31H38N4O4. The molecule has 0 radical (unpaired) electrons. The summed E-state index contributed by atoms with van der Waals surface area (Å²) in [4.78, 5) is 30.1. The maximum Gasteiger partial charge on any atom is 0.410 e. The van der Waals surface area contributed by atoms with Crippen LogP contribution in [0.15, 0.2) is 84.9 Å². The van der Waals surface area contributed by atoms with Crippen LogP contribution in [0, 0.1) is 0 Å². The molecule has 2 N–H and O–H groups in total. The number of urea groups is 1. The van der Waals surface area contributed by atoms with E-state index in [-0.39, 0.29) is 24.2 Å². The van der Waals surface area contributed by atoms with Crippen LogP contribution in [0.3, 0.4) is 0 Å². The summed E-state index contributed by atoms with van der Waals surface area (Å²) in [7, 11) is 1.61. The molecule has 3 amide bonds. The predicted molar refractivity (Wildman–Crippen MR) is 153 cm³/mol. The number of hydrogen-bond donors (Lipinski definition) is 2. The summed E-state index contributed by atoms with van der Waals surface area (Å²) in [5.74, 6) is 0.720. The first-order valence-corrected chi connectivity index (χ1v) is 13.3. The van der Waals surface area contributed by atoms with Crippen LogP contribution >= 0.6 is 0 Å². The van der Waals surface area contributed by atoms with E-state index >= 15 is 0 Å². The molecule has 39 heavy (non-hydrogen) atoms. The van der Waals surface area contributed by atoms with Crippen LogP contribution in [0.1, 0.15) is 44.0 Å². The molecule has 4 rings (SSSR count). The number of ether oxygens (including phenoxy) is 2. The number of amides is 3. The molecule has 8 nitrogen and oxygen atoms in total. The van der Waals surface area contributed by atoms with Gasteiger partial charge in [-0.15, -0.1) is 0 Å². The molecule has 0 saturated carbocycles. The van der Waals surface area contributed by atoms with Gasteiger partial charge in [0.1, 0.15) is 11.4 Å². The molecule has 0 spiro atoms. The number of nitrogens with one attached hydrogen (secondary N) is 2. The average molecular weight is 531 g/mol. The Kier molecular flexibility index (Phi) is 9.09. The van der Waals surface area contributed by atoms with Gasteiger partial charge in [0, 0.05) is 31.9 Å². The Morgan fingerprint density at radius 1 is 0.795 bits per heavy atom. The van der Waals surface area contributed by atoms with Crippen LogP contribution < -0.4 is 15.4 Å². The molecule has 1 aliphatic heterocycles. The molecule has 1 aliphatic rings. The minimum Gasteiger partial charge on any atom is -0.497 e. The lowest BCUT2D eigenvalue weighted by Gasteiger charge is -2.43. The Morgan fingerprint density at radius 3 is 1.90 bits per heavy atom. The fourth-order valence-corrected chi connectivity index (χ4v) is 4.76. The van der Waals surface area contributed by atoms with Gasteiger partial charge in [0.05, 0.1) is 19.2 Å². The van der Waals surface area contributed by atoms with E-state index in [1.165, 1.54) is 0 Å². The van der Waals surface area contributed by atoms with Crippen LogP contribution in [-0.2, 0) is 4.74 Å². The zero-order chi connectivity index (χ0) is 27.8. The number of hydrogen-bond acceptors (Lipinski definition) is 5. The van der Waals surface area contributed by atoms with Crippen molar-refractivity contribution in [1.82, 2.24) is 15.1 Å². The van der Waals surface area contributed by atoms with Gasteiger partial charge < -0.3 is 25.0 Å². The lowest BCUT2D eigenvalue weighted by atomic mass is 9.91. The lowest BCUT2D eigenvalue weighted by molar-refractivity contribution is 0.00817. The highest BCUT2D eigenvalue weighted by Gasteiger charge is 2.35. The van der Waals surface area contributed by atoms with E-state index in [0.717, 1.165) is 16.9 Å². The summed E-state index contributed by atoms with van der Waals surface area (Å²) in [6.07, 6.45) is -0.296. The molecule has 0 aromatic heterocycles. The number of piperazine rings is 1. The summed E-state index contributed by atoms with van der Waals surface area (Å²) in [6.45, 7) is 7.99. The molecule has 8 heteroatoms. The van der Waals surface area contributed by atoms with Gasteiger partial charge in [-0.1, -0.05) is 60.7 Å². The maximum absolute atomic E-state index is 13.3. The maximum atomic E-state index is 13.3. The number of carbonyl (C=O) groups is 2. The minimum absolute atomic E-state index is 0.156. The number of carbonyl (C=O) groups excluding carboxylic acids is 2. The fraction of sp³-hybridized carbons (Fsp3) is 0.355. The van der Waals surface area contributed by atoms with E-state index in [1.807, 2.05) is 69.3 Å². The van der Waals surface area contributed by atoms with Crippen molar-refractivity contribution in [1.29, 1.82) is 0 Å². The Labute approximate surface area is 230 Å². The monoisotopic (exact) mass is 530 g/mol. The molecule has 1 fully saturated rings. The molecule has 3 aromatic carbocycles. The SMILES string of the molecule is COc1ccc(NC(=O)NC(c2ccccc2)C(c2ccccc2)N2CCN(C(=O)OC(C)(C)C)CC2)cc1. The number of anilines is 1. The van der Waals surface area contributed by atoms with Gasteiger partial charge in [-0.05, 0) is 56.2 Å². The third-order valence-corrected chi connectivity index (χ3v) is 6.61. The van der Waals surface area contributed by atoms with Crippen LogP contribution in [0.2, 0.25) is 0 Å². The molecule has 3 aromatic rings. The van der Waals surface area contributed by atoms with Crippen molar-refractivity contribution in [2.75, 3.05) is 38.6 Å². The van der Waals surface area contributed by atoms with E-state index < -0.39 is 5.60 Å². The van der Waals surface area contributed by atoms with Gasteiger partial charge in [-0.25, -0.2) is 9.59 Å². The van der Waals surface area contributed by atoms with Crippen molar-refractivity contribution in [3.8, 4) is 5.75 Å². The number of rotatable bonds is 7. The Bertz CT molecular complexity index is 1200. The van der Waals surface area contributed by atoms with Crippen molar-refractivity contribution in [3.05, 3.63) is 96.1 Å². The van der Waals surface area contributed by atoms with E-state index in [1.54, 1.807) is 36.3 Å². The first-order valence-electron chi connectivity index (χ1n) is 13.3. The molecule has 206 valence electrons. The summed E-state index contributed by atoms with van der Waals surface area (Å²) >= 11 is 0. The van der Waals surface area contributed by atoms with Gasteiger partial charge in [0.2, 0.25) is 0 Å². The summed E-state index contributed by atoms with van der Waals surface area (Å²) in [5.41, 5.74) is 2.20. The van der Waals surface area contributed by atoms with Gasteiger partial charge in [0.25, 0.3) is 0 Å². The molecule has 1 heterocycles. The van der Waals surface area contributed by atoms with Crippen molar-refractivity contribution in [2.45, 2.75) is 38.5 Å². The zero-order valence-electron chi connectivity index (χ0n) is 23.1. The second kappa shape index (κ2) is 12.7. The number of benzene rings is 3. The highest BCUT2D eigenvalue weighted by molar-refractivity contribution is 5.89. The van der Waals surface area contributed by atoms with Crippen molar-refractivity contribution >= 4 is 17.8 Å². The smallest absolute Gasteiger partial charge is 0.410 e. The Balaban J connectivity index is 1.58. The zero-order valence-corrected chi connectivity index (χ0v) is 23.1. The van der Waals surface area contributed by atoms with Gasteiger partial charge >= 0.3 is 12.1 Å². The minimum atomic E-state index is -0.541. The van der Waals surface area contributed by atoms with Gasteiger partial charge in [-0.2, -0.15) is 0 Å². The first kappa shape index (κ1) is 28.0. The largest absolute Gasteiger partial charge is 0.497 e. The lowest BCUT2D eigenvalue weighted by Crippen LogP contribution is -2.53. The Hall–Kier alpha value is -4.04. The van der Waals surface area contributed by atoms with Crippen LogP contribution in [0.5, 0.6) is 5.75 Å². The van der Waals surface area contributed by atoms with Crippen molar-refractivity contribution in [3.63, 3.8) is 0 Å². The third-order valence-electron chi connectivity index (χ3n) is 6.61. The van der Waals surface area contributed by atoms with Crippen LogP contribution in [0.25, 0.3) is 0 Å². The van der Waals surface area contributed by atoms with E-state index in [9.17, 15) is 9.59 Å². The standard InChI is InChI=1S/C31H38N4O4/c1-31(2,3)39-30(37)35-21-19-34(20-22-35)28(24-13-9-6-10-14-24)27(23-11-7-5-8-12-23)33-29(36)32-25-15-17-26(38-4)18-16-25/h5-18,27-28H,19-22H2,1-4H3,(H2,32,33,36). The molecule has 0 bridgehead atoms.